The second-order valence-corrected chi connectivity index (χ2v) is 9.67. The fourth-order valence-corrected chi connectivity index (χ4v) is 5.42. The van der Waals surface area contributed by atoms with E-state index in [4.69, 9.17) is 8.83 Å². The van der Waals surface area contributed by atoms with Crippen LogP contribution in [0, 0.1) is 13.8 Å². The van der Waals surface area contributed by atoms with E-state index < -0.39 is 9.84 Å². The largest absolute Gasteiger partial charge is 0.459 e. The van der Waals surface area contributed by atoms with Gasteiger partial charge in [0.05, 0.1) is 42.1 Å². The van der Waals surface area contributed by atoms with Crippen LogP contribution in [-0.4, -0.2) is 46.9 Å². The molecule has 0 radical (unpaired) electrons. The van der Waals surface area contributed by atoms with Crippen molar-refractivity contribution in [2.45, 2.75) is 39.4 Å². The maximum Gasteiger partial charge on any atom is 0.283 e. The number of aromatic nitrogens is 4. The monoisotopic (exact) mass is 406 g/mol. The Kier molecular flexibility index (Phi) is 4.84. The zero-order valence-corrected chi connectivity index (χ0v) is 17.0. The summed E-state index contributed by atoms with van der Waals surface area (Å²) >= 11 is 0. The molecule has 1 unspecified atom stereocenters. The van der Waals surface area contributed by atoms with Crippen molar-refractivity contribution in [1.82, 2.24) is 20.0 Å². The molecule has 1 saturated heterocycles. The summed E-state index contributed by atoms with van der Waals surface area (Å²) in [6.07, 6.45) is 2.19. The van der Waals surface area contributed by atoms with Crippen LogP contribution >= 0.6 is 0 Å². The van der Waals surface area contributed by atoms with Gasteiger partial charge in [-0.3, -0.25) is 4.68 Å². The Morgan fingerprint density at radius 3 is 2.79 bits per heavy atom. The average Bonchev–Trinajstić information content (AvgIpc) is 3.39. The highest BCUT2D eigenvalue weighted by Crippen LogP contribution is 2.26. The van der Waals surface area contributed by atoms with Crippen LogP contribution in [0.15, 0.2) is 27.2 Å². The van der Waals surface area contributed by atoms with Gasteiger partial charge in [0.1, 0.15) is 6.54 Å². The van der Waals surface area contributed by atoms with Gasteiger partial charge in [-0.2, -0.15) is 5.10 Å². The molecule has 1 N–H and O–H groups in total. The van der Waals surface area contributed by atoms with E-state index in [-0.39, 0.29) is 17.5 Å². The lowest BCUT2D eigenvalue weighted by Crippen LogP contribution is -3.06. The predicted molar refractivity (Wildman–Crippen MR) is 100 cm³/mol. The summed E-state index contributed by atoms with van der Waals surface area (Å²) in [5.41, 5.74) is 3.09. The first-order valence-electron chi connectivity index (χ1n) is 9.25. The number of nitrogens with zero attached hydrogens (tertiary/aromatic N) is 4. The van der Waals surface area contributed by atoms with Gasteiger partial charge >= 0.3 is 0 Å². The van der Waals surface area contributed by atoms with Crippen molar-refractivity contribution in [3.05, 3.63) is 41.2 Å². The molecule has 1 fully saturated rings. The van der Waals surface area contributed by atoms with E-state index in [1.54, 1.807) is 18.4 Å². The number of sulfone groups is 1. The van der Waals surface area contributed by atoms with Gasteiger partial charge in [0.15, 0.2) is 22.1 Å². The molecule has 3 aromatic rings. The lowest BCUT2D eigenvalue weighted by atomic mass is 10.1. The minimum absolute atomic E-state index is 0.0652. The van der Waals surface area contributed by atoms with Crippen LogP contribution in [0.25, 0.3) is 11.7 Å². The molecule has 2 atom stereocenters. The van der Waals surface area contributed by atoms with Gasteiger partial charge in [0, 0.05) is 5.69 Å². The highest BCUT2D eigenvalue weighted by atomic mass is 32.2. The summed E-state index contributed by atoms with van der Waals surface area (Å²) < 4.78 is 36.5. The Balaban J connectivity index is 1.45. The van der Waals surface area contributed by atoms with Gasteiger partial charge in [-0.25, -0.2) is 8.42 Å². The summed E-state index contributed by atoms with van der Waals surface area (Å²) in [5.74, 6) is 1.88. The smallest absolute Gasteiger partial charge is 0.283 e. The van der Waals surface area contributed by atoms with Gasteiger partial charge in [0.25, 0.3) is 11.8 Å². The van der Waals surface area contributed by atoms with Gasteiger partial charge in [-0.15, -0.1) is 10.2 Å². The number of aryl methyl sites for hydroxylation is 1. The number of hydrogen-bond donors (Lipinski definition) is 1. The number of furan rings is 1. The summed E-state index contributed by atoms with van der Waals surface area (Å²) in [7, 11) is -0.897. The molecule has 0 aliphatic carbocycles. The minimum Gasteiger partial charge on any atom is -0.459 e. The molecule has 1 aliphatic rings. The van der Waals surface area contributed by atoms with Crippen LogP contribution in [0.3, 0.4) is 0 Å². The Hall–Kier alpha value is -2.46. The van der Waals surface area contributed by atoms with Crippen LogP contribution in [0.5, 0.6) is 0 Å². The van der Waals surface area contributed by atoms with E-state index in [9.17, 15) is 8.42 Å². The molecule has 0 saturated carbocycles. The summed E-state index contributed by atoms with van der Waals surface area (Å²) in [6.45, 7) is 5.28. The molecule has 0 amide bonds. The van der Waals surface area contributed by atoms with Gasteiger partial charge in [0.2, 0.25) is 0 Å². The van der Waals surface area contributed by atoms with Crippen molar-refractivity contribution in [3.8, 4) is 11.7 Å². The van der Waals surface area contributed by atoms with Crippen molar-refractivity contribution >= 4 is 9.84 Å². The van der Waals surface area contributed by atoms with Crippen LogP contribution in [0.1, 0.15) is 35.3 Å². The molecular weight excluding hydrogens is 382 g/mol. The van der Waals surface area contributed by atoms with E-state index in [0.717, 1.165) is 23.5 Å². The highest BCUT2D eigenvalue weighted by Gasteiger charge is 2.32. The summed E-state index contributed by atoms with van der Waals surface area (Å²) in [5, 5.41) is 12.8. The predicted octanol–water partition coefficient (Wildman–Crippen LogP) is 0.717. The van der Waals surface area contributed by atoms with E-state index in [1.165, 1.54) is 4.90 Å². The Morgan fingerprint density at radius 1 is 1.29 bits per heavy atom. The van der Waals surface area contributed by atoms with Crippen molar-refractivity contribution in [2.75, 3.05) is 18.6 Å². The quantitative estimate of drug-likeness (QED) is 0.642. The van der Waals surface area contributed by atoms with Gasteiger partial charge in [-0.1, -0.05) is 0 Å². The lowest BCUT2D eigenvalue weighted by molar-refractivity contribution is -0.909. The minimum atomic E-state index is -2.95. The van der Waals surface area contributed by atoms with Crippen molar-refractivity contribution in [1.29, 1.82) is 0 Å². The average molecular weight is 406 g/mol. The Morgan fingerprint density at radius 2 is 2.11 bits per heavy atom. The maximum atomic E-state index is 11.8. The number of quaternary nitrogens is 1. The molecule has 150 valence electrons. The van der Waals surface area contributed by atoms with Crippen LogP contribution < -0.4 is 4.90 Å². The molecule has 0 spiro atoms. The van der Waals surface area contributed by atoms with Gasteiger partial charge < -0.3 is 13.7 Å². The molecule has 28 heavy (non-hydrogen) atoms. The third-order valence-corrected chi connectivity index (χ3v) is 6.91. The number of rotatable bonds is 6. The van der Waals surface area contributed by atoms with E-state index in [2.05, 4.69) is 15.3 Å². The first-order valence-corrected chi connectivity index (χ1v) is 11.1. The molecule has 3 aromatic heterocycles. The Bertz CT molecular complexity index is 1070. The van der Waals surface area contributed by atoms with E-state index in [0.29, 0.717) is 30.5 Å². The van der Waals surface area contributed by atoms with Crippen molar-refractivity contribution in [3.63, 3.8) is 0 Å². The van der Waals surface area contributed by atoms with Crippen molar-refractivity contribution < 1.29 is 22.2 Å². The zero-order valence-electron chi connectivity index (χ0n) is 16.2. The summed E-state index contributed by atoms with van der Waals surface area (Å²) in [4.78, 5) is 1.17. The standard InChI is InChI=1S/C18H23N5O4S/c1-12-15(13(2)23(21-12)14-6-8-28(24,25)11-14)9-22(3)10-17-19-20-18(27-17)16-5-4-7-26-16/h4-5,7,14H,6,8-11H2,1-3H3/p+1/t14-/m1/s1. The second-order valence-electron chi connectivity index (χ2n) is 7.44. The zero-order chi connectivity index (χ0) is 19.9. The van der Waals surface area contributed by atoms with Gasteiger partial charge in [-0.05, 0) is 32.4 Å². The second kappa shape index (κ2) is 7.17. The lowest BCUT2D eigenvalue weighted by Gasteiger charge is -2.14. The first-order chi connectivity index (χ1) is 13.3. The maximum absolute atomic E-state index is 11.8. The topological polar surface area (TPSA) is 108 Å². The Labute approximate surface area is 163 Å². The van der Waals surface area contributed by atoms with Crippen molar-refractivity contribution in [2.24, 2.45) is 0 Å². The molecular formula is C18H24N5O4S+. The fourth-order valence-electron chi connectivity index (χ4n) is 3.72. The molecule has 4 heterocycles. The molecule has 1 aliphatic heterocycles. The molecule has 10 heteroatoms. The van der Waals surface area contributed by atoms with E-state index in [1.807, 2.05) is 25.6 Å². The fraction of sp³-hybridized carbons (Fsp3) is 0.500. The molecule has 9 nitrogen and oxygen atoms in total. The normalized spacial score (nSPS) is 19.9. The van der Waals surface area contributed by atoms with E-state index >= 15 is 0 Å². The molecule has 4 rings (SSSR count). The van der Waals surface area contributed by atoms with Crippen LogP contribution in [0.4, 0.5) is 0 Å². The molecule has 0 bridgehead atoms. The third-order valence-electron chi connectivity index (χ3n) is 5.16. The third kappa shape index (κ3) is 3.74. The van der Waals surface area contributed by atoms with Crippen LogP contribution in [-0.2, 0) is 22.9 Å². The highest BCUT2D eigenvalue weighted by molar-refractivity contribution is 7.91. The first kappa shape index (κ1) is 18.9. The summed E-state index contributed by atoms with van der Waals surface area (Å²) in [6, 6.07) is 3.48. The van der Waals surface area contributed by atoms with Crippen LogP contribution in [0.2, 0.25) is 0 Å². The molecule has 0 aromatic carbocycles. The number of hydrogen-bond acceptors (Lipinski definition) is 7. The number of nitrogens with one attached hydrogen (secondary N) is 1. The SMILES string of the molecule is Cc1nn([C@@H]2CCS(=O)(=O)C2)c(C)c1C[NH+](C)Cc1nnc(-c2ccco2)o1.